The number of carbonyl (C=O) groups excluding carboxylic acids is 1. The molecule has 2 aromatic carbocycles. The first-order valence-electron chi connectivity index (χ1n) is 7.19. The van der Waals surface area contributed by atoms with E-state index < -0.39 is 0 Å². The second-order valence-electron chi connectivity index (χ2n) is 4.74. The minimum Gasteiger partial charge on any atom is -0.298 e. The number of hydrogen-bond donors (Lipinski definition) is 1. The quantitative estimate of drug-likeness (QED) is 0.620. The average molecular weight is 361 g/mol. The van der Waals surface area contributed by atoms with Crippen LogP contribution >= 0.6 is 34.9 Å². The summed E-state index contributed by atoms with van der Waals surface area (Å²) in [5.41, 5.74) is 1.61. The third-order valence-corrected chi connectivity index (χ3v) is 5.86. The summed E-state index contributed by atoms with van der Waals surface area (Å²) in [5.74, 6) is 0.828. The number of anilines is 1. The van der Waals surface area contributed by atoms with E-state index in [9.17, 15) is 4.79 Å². The van der Waals surface area contributed by atoms with Crippen LogP contribution in [0.1, 0.15) is 17.3 Å². The first kappa shape index (κ1) is 16.4. The fourth-order valence-electron chi connectivity index (χ4n) is 2.19. The second kappa shape index (κ2) is 7.38. The first-order valence-corrected chi connectivity index (χ1v) is 10.2. The smallest absolute Gasteiger partial charge is 0.258 e. The Hall–Kier alpha value is -1.50. The lowest BCUT2D eigenvalue weighted by Crippen LogP contribution is -2.12. The highest BCUT2D eigenvalue weighted by atomic mass is 32.2. The van der Waals surface area contributed by atoms with Crippen LogP contribution in [0.2, 0.25) is 0 Å². The maximum absolute atomic E-state index is 12.5. The van der Waals surface area contributed by atoms with Gasteiger partial charge in [0.1, 0.15) is 0 Å². The molecule has 1 heterocycles. The van der Waals surface area contributed by atoms with Crippen molar-refractivity contribution in [2.24, 2.45) is 0 Å². The molecular formula is C17H16N2OS3. The zero-order valence-electron chi connectivity index (χ0n) is 12.8. The number of benzene rings is 2. The Bertz CT molecular complexity index is 845. The zero-order chi connectivity index (χ0) is 16.2. The normalized spacial score (nSPS) is 10.9. The van der Waals surface area contributed by atoms with E-state index in [0.29, 0.717) is 10.7 Å². The van der Waals surface area contributed by atoms with Crippen LogP contribution in [0, 0.1) is 0 Å². The maximum atomic E-state index is 12.5. The molecule has 0 atom stereocenters. The molecule has 118 valence electrons. The number of amides is 1. The highest BCUT2D eigenvalue weighted by Crippen LogP contribution is 2.30. The molecule has 3 aromatic rings. The highest BCUT2D eigenvalue weighted by molar-refractivity contribution is 7.99. The van der Waals surface area contributed by atoms with Crippen molar-refractivity contribution in [1.29, 1.82) is 0 Å². The van der Waals surface area contributed by atoms with Crippen molar-refractivity contribution in [3.05, 3.63) is 48.0 Å². The number of nitrogens with one attached hydrogen (secondary N) is 1. The number of thiazole rings is 1. The summed E-state index contributed by atoms with van der Waals surface area (Å²) in [5, 5.41) is 3.57. The van der Waals surface area contributed by atoms with E-state index in [-0.39, 0.29) is 5.91 Å². The van der Waals surface area contributed by atoms with Gasteiger partial charge in [-0.1, -0.05) is 30.4 Å². The predicted octanol–water partition coefficient (Wildman–Crippen LogP) is 5.38. The Morgan fingerprint density at radius 2 is 2.09 bits per heavy atom. The molecule has 3 nitrogen and oxygen atoms in total. The molecule has 0 bridgehead atoms. The van der Waals surface area contributed by atoms with E-state index in [1.54, 1.807) is 23.5 Å². The molecule has 1 N–H and O–H groups in total. The van der Waals surface area contributed by atoms with Crippen LogP contribution in [0.15, 0.2) is 52.3 Å². The Kier molecular flexibility index (Phi) is 5.25. The molecule has 0 radical (unpaired) electrons. The molecule has 0 spiro atoms. The topological polar surface area (TPSA) is 42.0 Å². The van der Waals surface area contributed by atoms with E-state index >= 15 is 0 Å². The summed E-state index contributed by atoms with van der Waals surface area (Å²) < 4.78 is 1.09. The molecule has 0 aliphatic carbocycles. The van der Waals surface area contributed by atoms with E-state index in [1.165, 1.54) is 16.2 Å². The average Bonchev–Trinajstić information content (AvgIpc) is 2.96. The number of nitrogens with zero attached hydrogens (tertiary/aromatic N) is 1. The Morgan fingerprint density at radius 1 is 1.26 bits per heavy atom. The van der Waals surface area contributed by atoms with Gasteiger partial charge in [0.05, 0.1) is 15.8 Å². The van der Waals surface area contributed by atoms with Crippen molar-refractivity contribution >= 4 is 56.1 Å². The Labute approximate surface area is 147 Å². The lowest BCUT2D eigenvalue weighted by atomic mass is 10.2. The maximum Gasteiger partial charge on any atom is 0.258 e. The number of hydrogen-bond acceptors (Lipinski definition) is 5. The summed E-state index contributed by atoms with van der Waals surface area (Å²) >= 11 is 4.88. The number of fused-ring (bicyclic) bond motifs is 1. The van der Waals surface area contributed by atoms with Crippen molar-refractivity contribution in [3.8, 4) is 0 Å². The first-order chi connectivity index (χ1) is 11.2. The number of rotatable bonds is 5. The Balaban J connectivity index is 1.85. The van der Waals surface area contributed by atoms with Crippen molar-refractivity contribution in [3.63, 3.8) is 0 Å². The van der Waals surface area contributed by atoms with Crippen LogP contribution in [0.25, 0.3) is 10.2 Å². The van der Waals surface area contributed by atoms with Crippen LogP contribution in [0.5, 0.6) is 0 Å². The molecule has 0 aliphatic heterocycles. The van der Waals surface area contributed by atoms with Gasteiger partial charge in [-0.25, -0.2) is 4.98 Å². The van der Waals surface area contributed by atoms with Gasteiger partial charge in [0.25, 0.3) is 5.91 Å². The molecule has 1 amide bonds. The third kappa shape index (κ3) is 3.71. The van der Waals surface area contributed by atoms with Gasteiger partial charge in [-0.05, 0) is 42.3 Å². The number of aromatic nitrogens is 1. The molecule has 0 fully saturated rings. The molecule has 6 heteroatoms. The fourth-order valence-corrected chi connectivity index (χ4v) is 4.40. The van der Waals surface area contributed by atoms with E-state index in [2.05, 4.69) is 23.3 Å². The summed E-state index contributed by atoms with van der Waals surface area (Å²) in [6.07, 6.45) is 2.05. The van der Waals surface area contributed by atoms with Crippen LogP contribution in [-0.2, 0) is 0 Å². The monoisotopic (exact) mass is 360 g/mol. The van der Waals surface area contributed by atoms with E-state index in [1.807, 2.05) is 42.7 Å². The van der Waals surface area contributed by atoms with Gasteiger partial charge in [-0.3, -0.25) is 10.1 Å². The molecule has 0 saturated carbocycles. The molecule has 23 heavy (non-hydrogen) atoms. The van der Waals surface area contributed by atoms with Gasteiger partial charge in [-0.2, -0.15) is 0 Å². The van der Waals surface area contributed by atoms with Crippen molar-refractivity contribution < 1.29 is 4.79 Å². The molecular weight excluding hydrogens is 344 g/mol. The lowest BCUT2D eigenvalue weighted by Gasteiger charge is -2.07. The Morgan fingerprint density at radius 3 is 2.87 bits per heavy atom. The van der Waals surface area contributed by atoms with Gasteiger partial charge in [-0.15, -0.1) is 23.5 Å². The number of thioether (sulfide) groups is 2. The van der Waals surface area contributed by atoms with Crippen LogP contribution in [0.3, 0.4) is 0 Å². The van der Waals surface area contributed by atoms with Gasteiger partial charge >= 0.3 is 0 Å². The van der Waals surface area contributed by atoms with Crippen LogP contribution in [0.4, 0.5) is 5.13 Å². The highest BCUT2D eigenvalue weighted by Gasteiger charge is 2.13. The van der Waals surface area contributed by atoms with Crippen molar-refractivity contribution in [2.75, 3.05) is 17.3 Å². The SMILES string of the molecule is CCSc1ccccc1C(=O)Nc1nc2ccc(SC)cc2s1. The zero-order valence-corrected chi connectivity index (χ0v) is 15.3. The largest absolute Gasteiger partial charge is 0.298 e. The minimum atomic E-state index is -0.106. The van der Waals surface area contributed by atoms with Crippen LogP contribution in [-0.4, -0.2) is 22.9 Å². The molecule has 0 unspecified atom stereocenters. The number of carbonyl (C=O) groups is 1. The molecule has 1 aromatic heterocycles. The van der Waals surface area contributed by atoms with Crippen molar-refractivity contribution in [2.45, 2.75) is 16.7 Å². The van der Waals surface area contributed by atoms with Gasteiger partial charge in [0, 0.05) is 9.79 Å². The van der Waals surface area contributed by atoms with E-state index in [4.69, 9.17) is 0 Å². The molecule has 0 saturated heterocycles. The van der Waals surface area contributed by atoms with Gasteiger partial charge in [0.2, 0.25) is 0 Å². The van der Waals surface area contributed by atoms with Gasteiger partial charge < -0.3 is 0 Å². The fraction of sp³-hybridized carbons (Fsp3) is 0.176. The second-order valence-corrected chi connectivity index (χ2v) is 7.95. The lowest BCUT2D eigenvalue weighted by molar-refractivity contribution is 0.102. The van der Waals surface area contributed by atoms with Crippen LogP contribution < -0.4 is 5.32 Å². The third-order valence-electron chi connectivity index (χ3n) is 3.25. The molecule has 0 aliphatic rings. The summed E-state index contributed by atoms with van der Waals surface area (Å²) in [6, 6.07) is 13.8. The summed E-state index contributed by atoms with van der Waals surface area (Å²) in [6.45, 7) is 2.08. The molecule has 3 rings (SSSR count). The predicted molar refractivity (Wildman–Crippen MR) is 102 cm³/mol. The standard InChI is InChI=1S/C17H16N2OS3/c1-3-22-14-7-5-4-6-12(14)16(20)19-17-18-13-9-8-11(21-2)10-15(13)23-17/h4-10H,3H2,1-2H3,(H,18,19,20). The van der Waals surface area contributed by atoms with Crippen molar-refractivity contribution in [1.82, 2.24) is 4.98 Å². The minimum absolute atomic E-state index is 0.106. The summed E-state index contributed by atoms with van der Waals surface area (Å²) in [7, 11) is 0. The summed E-state index contributed by atoms with van der Waals surface area (Å²) in [4.78, 5) is 19.2. The van der Waals surface area contributed by atoms with E-state index in [0.717, 1.165) is 20.9 Å². The van der Waals surface area contributed by atoms with Gasteiger partial charge in [0.15, 0.2) is 5.13 Å².